The first kappa shape index (κ1) is 8.73. The van der Waals surface area contributed by atoms with Crippen LogP contribution < -0.4 is 5.73 Å². The van der Waals surface area contributed by atoms with Crippen molar-refractivity contribution in [3.8, 4) is 0 Å². The highest BCUT2D eigenvalue weighted by molar-refractivity contribution is 9.11. The molecule has 0 spiro atoms. The number of hydrogen-bond acceptors (Lipinski definition) is 2. The van der Waals surface area contributed by atoms with Gasteiger partial charge in [-0.05, 0) is 31.9 Å². The minimum absolute atomic E-state index is 0.368. The molecule has 11 heavy (non-hydrogen) atoms. The predicted molar refractivity (Wildman–Crippen MR) is 47.1 cm³/mol. The summed E-state index contributed by atoms with van der Waals surface area (Å²) in [4.78, 5) is 10.8. The Hall–Kier alpha value is -0.360. The van der Waals surface area contributed by atoms with Gasteiger partial charge in [-0.2, -0.15) is 5.10 Å². The Bertz CT molecular complexity index is 307. The van der Waals surface area contributed by atoms with Crippen LogP contribution in [0.25, 0.3) is 0 Å². The van der Waals surface area contributed by atoms with Crippen LogP contribution >= 0.6 is 31.9 Å². The van der Waals surface area contributed by atoms with Crippen molar-refractivity contribution in [2.24, 2.45) is 12.8 Å². The molecule has 0 radical (unpaired) electrons. The molecule has 0 atom stereocenters. The molecule has 6 heteroatoms. The average molecular weight is 283 g/mol. The Morgan fingerprint density at radius 2 is 2.18 bits per heavy atom. The fourth-order valence-corrected chi connectivity index (χ4v) is 2.03. The number of nitrogens with zero attached hydrogens (tertiary/aromatic N) is 2. The molecule has 0 bridgehead atoms. The zero-order valence-electron chi connectivity index (χ0n) is 5.64. The molecular formula is C5H5Br2N3O. The van der Waals surface area contributed by atoms with Crippen molar-refractivity contribution in [2.75, 3.05) is 0 Å². The van der Waals surface area contributed by atoms with E-state index in [-0.39, 0.29) is 0 Å². The van der Waals surface area contributed by atoms with Crippen molar-refractivity contribution < 1.29 is 4.79 Å². The molecule has 1 aromatic heterocycles. The summed E-state index contributed by atoms with van der Waals surface area (Å²) in [6, 6.07) is 0. The highest BCUT2D eigenvalue weighted by Gasteiger charge is 2.16. The largest absolute Gasteiger partial charge is 0.365 e. The number of carbonyl (C=O) groups is 1. The molecule has 60 valence electrons. The number of primary amides is 1. The standard InChI is InChI=1S/C5H5Br2N3O/c1-10-4(7)2(5(8)11)3(6)9-10/h1H3,(H2,8,11). The Morgan fingerprint density at radius 1 is 1.64 bits per heavy atom. The van der Waals surface area contributed by atoms with Gasteiger partial charge < -0.3 is 5.73 Å². The molecule has 0 aliphatic rings. The number of hydrogen-bond donors (Lipinski definition) is 1. The van der Waals surface area contributed by atoms with Crippen molar-refractivity contribution in [2.45, 2.75) is 0 Å². The fraction of sp³-hybridized carbons (Fsp3) is 0.200. The average Bonchev–Trinajstić information content (AvgIpc) is 2.07. The van der Waals surface area contributed by atoms with Crippen molar-refractivity contribution in [1.29, 1.82) is 0 Å². The minimum atomic E-state index is -0.503. The van der Waals surface area contributed by atoms with Crippen molar-refractivity contribution in [1.82, 2.24) is 9.78 Å². The summed E-state index contributed by atoms with van der Waals surface area (Å²) in [5.41, 5.74) is 5.44. The summed E-state index contributed by atoms with van der Waals surface area (Å²) in [5.74, 6) is -0.503. The predicted octanol–water partition coefficient (Wildman–Crippen LogP) is 1.04. The maximum atomic E-state index is 10.8. The lowest BCUT2D eigenvalue weighted by atomic mass is 10.3. The number of halogens is 2. The van der Waals surface area contributed by atoms with Crippen LogP contribution in [-0.4, -0.2) is 15.7 Å². The van der Waals surface area contributed by atoms with Gasteiger partial charge in [-0.3, -0.25) is 9.48 Å². The molecule has 4 nitrogen and oxygen atoms in total. The molecule has 1 heterocycles. The summed E-state index contributed by atoms with van der Waals surface area (Å²) >= 11 is 6.28. The Kier molecular flexibility index (Phi) is 2.34. The van der Waals surface area contributed by atoms with Crippen molar-refractivity contribution in [3.05, 3.63) is 14.8 Å². The van der Waals surface area contributed by atoms with Gasteiger partial charge in [0, 0.05) is 7.05 Å². The monoisotopic (exact) mass is 281 g/mol. The molecule has 0 aromatic carbocycles. The van der Waals surface area contributed by atoms with Gasteiger partial charge in [-0.15, -0.1) is 0 Å². The highest BCUT2D eigenvalue weighted by atomic mass is 79.9. The first-order chi connectivity index (χ1) is 5.04. The lowest BCUT2D eigenvalue weighted by Gasteiger charge is -1.91. The van der Waals surface area contributed by atoms with Crippen LogP contribution in [0.1, 0.15) is 10.4 Å². The Balaban J connectivity index is 3.34. The van der Waals surface area contributed by atoms with Gasteiger partial charge in [0.05, 0.1) is 0 Å². The van der Waals surface area contributed by atoms with Gasteiger partial charge in [-0.25, -0.2) is 0 Å². The molecule has 0 fully saturated rings. The lowest BCUT2D eigenvalue weighted by molar-refractivity contribution is 0.0999. The topological polar surface area (TPSA) is 60.9 Å². The summed E-state index contributed by atoms with van der Waals surface area (Å²) in [7, 11) is 1.71. The maximum absolute atomic E-state index is 10.8. The second-order valence-electron chi connectivity index (χ2n) is 1.94. The van der Waals surface area contributed by atoms with Gasteiger partial charge in [0.15, 0.2) is 0 Å². The summed E-state index contributed by atoms with van der Waals surface area (Å²) < 4.78 is 2.56. The van der Waals surface area contributed by atoms with Gasteiger partial charge in [-0.1, -0.05) is 0 Å². The molecule has 1 aromatic rings. The minimum Gasteiger partial charge on any atom is -0.365 e. The van der Waals surface area contributed by atoms with E-state index in [4.69, 9.17) is 5.73 Å². The lowest BCUT2D eigenvalue weighted by Crippen LogP contribution is -2.11. The molecule has 0 aliphatic heterocycles. The van der Waals surface area contributed by atoms with Crippen molar-refractivity contribution in [3.63, 3.8) is 0 Å². The van der Waals surface area contributed by atoms with Gasteiger partial charge in [0.2, 0.25) is 0 Å². The second-order valence-corrected chi connectivity index (χ2v) is 3.45. The Morgan fingerprint density at radius 3 is 2.36 bits per heavy atom. The van der Waals surface area contributed by atoms with Gasteiger partial charge in [0.1, 0.15) is 14.8 Å². The molecule has 2 N–H and O–H groups in total. The number of amides is 1. The maximum Gasteiger partial charge on any atom is 0.254 e. The van der Waals surface area contributed by atoms with E-state index in [1.807, 2.05) is 0 Å². The first-order valence-electron chi connectivity index (χ1n) is 2.72. The van der Waals surface area contributed by atoms with Crippen LogP contribution in [0.5, 0.6) is 0 Å². The van der Waals surface area contributed by atoms with Crippen LogP contribution in [-0.2, 0) is 7.05 Å². The Labute approximate surface area is 80.0 Å². The van der Waals surface area contributed by atoms with E-state index in [1.165, 1.54) is 4.68 Å². The van der Waals surface area contributed by atoms with E-state index < -0.39 is 5.91 Å². The highest BCUT2D eigenvalue weighted by Crippen LogP contribution is 2.22. The van der Waals surface area contributed by atoms with Crippen LogP contribution in [0.3, 0.4) is 0 Å². The normalized spacial score (nSPS) is 10.1. The van der Waals surface area contributed by atoms with Crippen molar-refractivity contribution >= 4 is 37.8 Å². The smallest absolute Gasteiger partial charge is 0.254 e. The third-order valence-corrected chi connectivity index (χ3v) is 2.65. The van der Waals surface area contributed by atoms with E-state index in [9.17, 15) is 4.79 Å². The van der Waals surface area contributed by atoms with Crippen LogP contribution in [0.4, 0.5) is 0 Å². The van der Waals surface area contributed by atoms with Gasteiger partial charge in [0.25, 0.3) is 5.91 Å². The number of aromatic nitrogens is 2. The second kappa shape index (κ2) is 2.94. The number of rotatable bonds is 1. The van der Waals surface area contributed by atoms with E-state index >= 15 is 0 Å². The third kappa shape index (κ3) is 1.46. The summed E-state index contributed by atoms with van der Waals surface area (Å²) in [5, 5.41) is 3.92. The zero-order valence-corrected chi connectivity index (χ0v) is 8.81. The molecule has 1 rings (SSSR count). The summed E-state index contributed by atoms with van der Waals surface area (Å²) in [6.45, 7) is 0. The zero-order chi connectivity index (χ0) is 8.59. The fourth-order valence-electron chi connectivity index (χ4n) is 0.676. The number of carbonyl (C=O) groups excluding carboxylic acids is 1. The first-order valence-corrected chi connectivity index (χ1v) is 4.30. The van der Waals surface area contributed by atoms with E-state index in [0.717, 1.165) is 0 Å². The van der Waals surface area contributed by atoms with Gasteiger partial charge >= 0.3 is 0 Å². The van der Waals surface area contributed by atoms with E-state index in [1.54, 1.807) is 7.05 Å². The molecule has 0 aliphatic carbocycles. The summed E-state index contributed by atoms with van der Waals surface area (Å²) in [6.07, 6.45) is 0. The van der Waals surface area contributed by atoms with Crippen LogP contribution in [0.2, 0.25) is 0 Å². The SMILES string of the molecule is Cn1nc(Br)c(C(N)=O)c1Br. The van der Waals surface area contributed by atoms with Crippen LogP contribution in [0.15, 0.2) is 9.21 Å². The molecule has 0 saturated carbocycles. The van der Waals surface area contributed by atoms with E-state index in [0.29, 0.717) is 14.8 Å². The van der Waals surface area contributed by atoms with Crippen LogP contribution in [0, 0.1) is 0 Å². The third-order valence-electron chi connectivity index (χ3n) is 1.18. The quantitative estimate of drug-likeness (QED) is 0.837. The molecule has 1 amide bonds. The number of nitrogens with two attached hydrogens (primary N) is 1. The molecule has 0 unspecified atom stereocenters. The number of aryl methyl sites for hydroxylation is 1. The molecular weight excluding hydrogens is 278 g/mol. The molecule has 0 saturated heterocycles. The van der Waals surface area contributed by atoms with E-state index in [2.05, 4.69) is 37.0 Å².